The van der Waals surface area contributed by atoms with Gasteiger partial charge in [0.05, 0.1) is 6.10 Å². The van der Waals surface area contributed by atoms with Gasteiger partial charge in [-0.3, -0.25) is 4.99 Å². The van der Waals surface area contributed by atoms with Gasteiger partial charge in [0.15, 0.2) is 5.96 Å². The van der Waals surface area contributed by atoms with E-state index in [4.69, 9.17) is 9.47 Å². The first kappa shape index (κ1) is 21.5. The molecule has 0 radical (unpaired) electrons. The van der Waals surface area contributed by atoms with E-state index in [2.05, 4.69) is 39.9 Å². The zero-order valence-corrected chi connectivity index (χ0v) is 18.0. The third-order valence-electron chi connectivity index (χ3n) is 4.38. The number of benzene rings is 2. The number of rotatable bonds is 7. The summed E-state index contributed by atoms with van der Waals surface area (Å²) in [6, 6.07) is 18.3. The largest absolute Gasteiger partial charge is 0.489 e. The molecule has 0 aliphatic carbocycles. The maximum atomic E-state index is 5.77. The Bertz CT molecular complexity index is 686. The van der Waals surface area contributed by atoms with Gasteiger partial charge in [0.25, 0.3) is 0 Å². The number of hydrogen-bond acceptors (Lipinski definition) is 3. The van der Waals surface area contributed by atoms with Crippen LogP contribution >= 0.6 is 24.0 Å². The van der Waals surface area contributed by atoms with E-state index in [9.17, 15) is 0 Å². The second-order valence-corrected chi connectivity index (χ2v) is 6.36. The average Bonchev–Trinajstić information content (AvgIpc) is 3.22. The molecule has 0 amide bonds. The van der Waals surface area contributed by atoms with Crippen molar-refractivity contribution in [2.45, 2.75) is 32.1 Å². The Kier molecular flexibility index (Phi) is 9.41. The van der Waals surface area contributed by atoms with Crippen LogP contribution in [-0.4, -0.2) is 32.3 Å². The van der Waals surface area contributed by atoms with E-state index in [1.807, 2.05) is 30.3 Å². The van der Waals surface area contributed by atoms with Gasteiger partial charge in [0.2, 0.25) is 0 Å². The molecule has 2 aromatic rings. The van der Waals surface area contributed by atoms with Crippen molar-refractivity contribution in [3.05, 3.63) is 65.7 Å². The standard InChI is InChI=1S/C21H27N3O2.HI/c1-22-21(24-15-20-8-5-13-25-20)23-14-17-9-11-18(12-10-17)16-26-19-6-3-2-4-7-19;/h2-4,6-7,9-12,20H,5,8,13-16H2,1H3,(H2,22,23,24);1H. The number of ether oxygens (including phenoxy) is 2. The number of guanidine groups is 1. The van der Waals surface area contributed by atoms with Crippen LogP contribution < -0.4 is 15.4 Å². The van der Waals surface area contributed by atoms with Crippen LogP contribution in [0, 0.1) is 0 Å². The highest BCUT2D eigenvalue weighted by Crippen LogP contribution is 2.12. The fraction of sp³-hybridized carbons (Fsp3) is 0.381. The summed E-state index contributed by atoms with van der Waals surface area (Å²) in [4.78, 5) is 4.26. The Hall–Kier alpha value is -1.80. The molecule has 2 aromatic carbocycles. The van der Waals surface area contributed by atoms with Crippen LogP contribution in [0.15, 0.2) is 59.6 Å². The molecule has 1 fully saturated rings. The van der Waals surface area contributed by atoms with E-state index in [0.29, 0.717) is 12.7 Å². The van der Waals surface area contributed by atoms with E-state index in [-0.39, 0.29) is 24.0 Å². The maximum Gasteiger partial charge on any atom is 0.191 e. The monoisotopic (exact) mass is 481 g/mol. The number of nitrogens with one attached hydrogen (secondary N) is 2. The number of halogens is 1. The Morgan fingerprint density at radius 3 is 2.48 bits per heavy atom. The Morgan fingerprint density at radius 1 is 1.07 bits per heavy atom. The van der Waals surface area contributed by atoms with Gasteiger partial charge in [-0.15, -0.1) is 24.0 Å². The van der Waals surface area contributed by atoms with Crippen LogP contribution in [0.25, 0.3) is 0 Å². The smallest absolute Gasteiger partial charge is 0.191 e. The van der Waals surface area contributed by atoms with E-state index in [1.165, 1.54) is 5.56 Å². The molecule has 1 heterocycles. The zero-order chi connectivity index (χ0) is 18.0. The fourth-order valence-corrected chi connectivity index (χ4v) is 2.86. The van der Waals surface area contributed by atoms with Crippen molar-refractivity contribution in [1.29, 1.82) is 0 Å². The lowest BCUT2D eigenvalue weighted by Gasteiger charge is -2.15. The van der Waals surface area contributed by atoms with Gasteiger partial charge in [-0.25, -0.2) is 0 Å². The molecule has 1 saturated heterocycles. The van der Waals surface area contributed by atoms with Crippen LogP contribution in [0.3, 0.4) is 0 Å². The number of aliphatic imine (C=N–C) groups is 1. The maximum absolute atomic E-state index is 5.77. The fourth-order valence-electron chi connectivity index (χ4n) is 2.86. The molecular formula is C21H28IN3O2. The van der Waals surface area contributed by atoms with Gasteiger partial charge in [-0.1, -0.05) is 42.5 Å². The van der Waals surface area contributed by atoms with E-state index in [0.717, 1.165) is 49.8 Å². The second-order valence-electron chi connectivity index (χ2n) is 6.36. The summed E-state index contributed by atoms with van der Waals surface area (Å²) >= 11 is 0. The van der Waals surface area contributed by atoms with Gasteiger partial charge in [-0.2, -0.15) is 0 Å². The highest BCUT2D eigenvalue weighted by Gasteiger charge is 2.15. The molecule has 146 valence electrons. The topological polar surface area (TPSA) is 54.9 Å². The number of hydrogen-bond donors (Lipinski definition) is 2. The minimum Gasteiger partial charge on any atom is -0.489 e. The summed E-state index contributed by atoms with van der Waals surface area (Å²) in [6.45, 7) is 2.97. The molecule has 27 heavy (non-hydrogen) atoms. The Balaban J connectivity index is 0.00000261. The average molecular weight is 481 g/mol. The van der Waals surface area contributed by atoms with Crippen LogP contribution in [0.4, 0.5) is 0 Å². The van der Waals surface area contributed by atoms with Gasteiger partial charge >= 0.3 is 0 Å². The first-order valence-electron chi connectivity index (χ1n) is 9.15. The van der Waals surface area contributed by atoms with Crippen molar-refractivity contribution < 1.29 is 9.47 Å². The summed E-state index contributed by atoms with van der Waals surface area (Å²) < 4.78 is 11.4. The van der Waals surface area contributed by atoms with E-state index < -0.39 is 0 Å². The summed E-state index contributed by atoms with van der Waals surface area (Å²) in [5, 5.41) is 6.66. The lowest BCUT2D eigenvalue weighted by molar-refractivity contribution is 0.114. The minimum absolute atomic E-state index is 0. The minimum atomic E-state index is 0. The van der Waals surface area contributed by atoms with Crippen LogP contribution in [0.1, 0.15) is 24.0 Å². The van der Waals surface area contributed by atoms with Crippen molar-refractivity contribution >= 4 is 29.9 Å². The third kappa shape index (κ3) is 7.38. The number of nitrogens with zero attached hydrogens (tertiary/aromatic N) is 1. The number of para-hydroxylation sites is 1. The second kappa shape index (κ2) is 11.8. The first-order valence-corrected chi connectivity index (χ1v) is 9.15. The molecule has 0 bridgehead atoms. The van der Waals surface area contributed by atoms with Gasteiger partial charge in [0.1, 0.15) is 12.4 Å². The molecule has 0 saturated carbocycles. The molecular weight excluding hydrogens is 453 g/mol. The van der Waals surface area contributed by atoms with Gasteiger partial charge in [0, 0.05) is 26.7 Å². The van der Waals surface area contributed by atoms with Crippen LogP contribution in [0.2, 0.25) is 0 Å². The zero-order valence-electron chi connectivity index (χ0n) is 15.7. The van der Waals surface area contributed by atoms with Crippen LogP contribution in [0.5, 0.6) is 5.75 Å². The molecule has 1 aliphatic heterocycles. The van der Waals surface area contributed by atoms with E-state index in [1.54, 1.807) is 7.05 Å². The lowest BCUT2D eigenvalue weighted by atomic mass is 10.1. The summed E-state index contributed by atoms with van der Waals surface area (Å²) in [5.74, 6) is 1.69. The van der Waals surface area contributed by atoms with Crippen LogP contribution in [-0.2, 0) is 17.9 Å². The highest BCUT2D eigenvalue weighted by molar-refractivity contribution is 14.0. The molecule has 6 heteroatoms. The predicted octanol–water partition coefficient (Wildman–Crippen LogP) is 3.73. The van der Waals surface area contributed by atoms with Gasteiger partial charge in [-0.05, 0) is 36.1 Å². The Labute approximate surface area is 178 Å². The molecule has 1 atom stereocenters. The van der Waals surface area contributed by atoms with Crippen molar-refractivity contribution in [1.82, 2.24) is 10.6 Å². The first-order chi connectivity index (χ1) is 12.8. The predicted molar refractivity (Wildman–Crippen MR) is 120 cm³/mol. The molecule has 2 N–H and O–H groups in total. The molecule has 0 aromatic heterocycles. The molecule has 1 unspecified atom stereocenters. The third-order valence-corrected chi connectivity index (χ3v) is 4.38. The van der Waals surface area contributed by atoms with E-state index >= 15 is 0 Å². The van der Waals surface area contributed by atoms with Crippen molar-refractivity contribution in [2.75, 3.05) is 20.2 Å². The van der Waals surface area contributed by atoms with Gasteiger partial charge < -0.3 is 20.1 Å². The van der Waals surface area contributed by atoms with Crippen molar-refractivity contribution in [2.24, 2.45) is 4.99 Å². The quantitative estimate of drug-likeness (QED) is 0.360. The molecule has 5 nitrogen and oxygen atoms in total. The molecule has 0 spiro atoms. The summed E-state index contributed by atoms with van der Waals surface area (Å²) in [6.07, 6.45) is 2.58. The summed E-state index contributed by atoms with van der Waals surface area (Å²) in [7, 11) is 1.79. The normalized spacial score (nSPS) is 16.5. The highest BCUT2D eigenvalue weighted by atomic mass is 127. The molecule has 3 rings (SSSR count). The molecule has 1 aliphatic rings. The van der Waals surface area contributed by atoms with Crippen molar-refractivity contribution in [3.8, 4) is 5.75 Å². The Morgan fingerprint density at radius 2 is 1.81 bits per heavy atom. The SMILES string of the molecule is CN=C(NCc1ccc(COc2ccccc2)cc1)NCC1CCCO1.I. The van der Waals surface area contributed by atoms with Crippen molar-refractivity contribution in [3.63, 3.8) is 0 Å². The summed E-state index contributed by atoms with van der Waals surface area (Å²) in [5.41, 5.74) is 2.35. The lowest BCUT2D eigenvalue weighted by Crippen LogP contribution is -2.40.